The number of halogens is 1. The highest BCUT2D eigenvalue weighted by Crippen LogP contribution is 2.26. The number of nitrogens with zero attached hydrogens (tertiary/aromatic N) is 3. The van der Waals surface area contributed by atoms with Crippen molar-refractivity contribution in [2.75, 3.05) is 6.54 Å². The number of aromatic nitrogens is 3. The molecule has 2 heterocycles. The lowest BCUT2D eigenvalue weighted by molar-refractivity contribution is 0.443. The second-order valence-electron chi connectivity index (χ2n) is 5.22. The third kappa shape index (κ3) is 3.70. The molecule has 0 bridgehead atoms. The number of nitrogens with one attached hydrogen (secondary N) is 1. The molecule has 20 heavy (non-hydrogen) atoms. The molecule has 6 heteroatoms. The SMILES string of the molecule is CCNC(Cc1ncnn1CC(C)C)c1ccoc1Br. The summed E-state index contributed by atoms with van der Waals surface area (Å²) in [6.07, 6.45) is 4.12. The Labute approximate surface area is 127 Å². The van der Waals surface area contributed by atoms with Crippen LogP contribution in [0.5, 0.6) is 0 Å². The Morgan fingerprint density at radius 2 is 2.25 bits per heavy atom. The average Bonchev–Trinajstić information content (AvgIpc) is 2.98. The minimum Gasteiger partial charge on any atom is -0.457 e. The van der Waals surface area contributed by atoms with Gasteiger partial charge in [0.1, 0.15) is 12.2 Å². The zero-order valence-corrected chi connectivity index (χ0v) is 13.7. The summed E-state index contributed by atoms with van der Waals surface area (Å²) >= 11 is 3.45. The highest BCUT2D eigenvalue weighted by atomic mass is 79.9. The van der Waals surface area contributed by atoms with Crippen molar-refractivity contribution in [1.29, 1.82) is 0 Å². The minimum atomic E-state index is 0.170. The van der Waals surface area contributed by atoms with E-state index in [1.54, 1.807) is 12.6 Å². The summed E-state index contributed by atoms with van der Waals surface area (Å²) in [5, 5.41) is 7.79. The Morgan fingerprint density at radius 3 is 2.85 bits per heavy atom. The summed E-state index contributed by atoms with van der Waals surface area (Å²) < 4.78 is 8.10. The molecule has 0 aromatic carbocycles. The molecule has 110 valence electrons. The van der Waals surface area contributed by atoms with Gasteiger partial charge in [0.15, 0.2) is 4.67 Å². The van der Waals surface area contributed by atoms with Crippen molar-refractivity contribution in [2.45, 2.75) is 39.8 Å². The molecule has 5 nitrogen and oxygen atoms in total. The topological polar surface area (TPSA) is 55.9 Å². The van der Waals surface area contributed by atoms with Crippen molar-refractivity contribution in [1.82, 2.24) is 20.1 Å². The summed E-state index contributed by atoms with van der Waals surface area (Å²) in [6, 6.07) is 2.16. The molecule has 0 spiro atoms. The van der Waals surface area contributed by atoms with Gasteiger partial charge in [0.05, 0.1) is 6.26 Å². The van der Waals surface area contributed by atoms with Crippen LogP contribution in [0.25, 0.3) is 0 Å². The Morgan fingerprint density at radius 1 is 1.45 bits per heavy atom. The quantitative estimate of drug-likeness (QED) is 0.840. The van der Waals surface area contributed by atoms with Crippen molar-refractivity contribution in [3.8, 4) is 0 Å². The Balaban J connectivity index is 2.17. The lowest BCUT2D eigenvalue weighted by Gasteiger charge is -2.17. The van der Waals surface area contributed by atoms with Crippen molar-refractivity contribution in [2.24, 2.45) is 5.92 Å². The molecule has 1 unspecified atom stereocenters. The lowest BCUT2D eigenvalue weighted by Crippen LogP contribution is -2.25. The van der Waals surface area contributed by atoms with E-state index in [9.17, 15) is 0 Å². The number of hydrogen-bond donors (Lipinski definition) is 1. The fourth-order valence-corrected chi connectivity index (χ4v) is 2.74. The predicted octanol–water partition coefficient (Wildman–Crippen LogP) is 3.18. The van der Waals surface area contributed by atoms with Gasteiger partial charge in [-0.05, 0) is 34.5 Å². The van der Waals surface area contributed by atoms with Gasteiger partial charge >= 0.3 is 0 Å². The van der Waals surface area contributed by atoms with E-state index in [2.05, 4.69) is 52.1 Å². The molecule has 0 saturated carbocycles. The van der Waals surface area contributed by atoms with E-state index in [4.69, 9.17) is 4.42 Å². The smallest absolute Gasteiger partial charge is 0.173 e. The van der Waals surface area contributed by atoms with E-state index >= 15 is 0 Å². The van der Waals surface area contributed by atoms with Crippen LogP contribution >= 0.6 is 15.9 Å². The van der Waals surface area contributed by atoms with Crippen LogP contribution in [0.3, 0.4) is 0 Å². The molecule has 0 fully saturated rings. The summed E-state index contributed by atoms with van der Waals surface area (Å²) in [5.41, 5.74) is 1.12. The van der Waals surface area contributed by atoms with Crippen molar-refractivity contribution >= 4 is 15.9 Å². The Hall–Kier alpha value is -1.14. The average molecular weight is 341 g/mol. The number of rotatable bonds is 7. The summed E-state index contributed by atoms with van der Waals surface area (Å²) in [6.45, 7) is 8.24. The first-order valence-electron chi connectivity index (χ1n) is 6.94. The molecule has 0 saturated heterocycles. The van der Waals surface area contributed by atoms with Gasteiger partial charge in [0.2, 0.25) is 0 Å². The van der Waals surface area contributed by atoms with E-state index in [0.717, 1.165) is 35.6 Å². The second-order valence-corrected chi connectivity index (χ2v) is 5.94. The van der Waals surface area contributed by atoms with Crippen LogP contribution in [0.15, 0.2) is 27.7 Å². The maximum Gasteiger partial charge on any atom is 0.173 e. The van der Waals surface area contributed by atoms with E-state index in [-0.39, 0.29) is 6.04 Å². The molecule has 2 aromatic rings. The van der Waals surface area contributed by atoms with Gasteiger partial charge in [0, 0.05) is 24.6 Å². The molecule has 2 aromatic heterocycles. The van der Waals surface area contributed by atoms with Gasteiger partial charge in [0.25, 0.3) is 0 Å². The Bertz CT molecular complexity index is 535. The van der Waals surface area contributed by atoms with Crippen molar-refractivity contribution in [3.63, 3.8) is 0 Å². The number of likely N-dealkylation sites (N-methyl/N-ethyl adjacent to an activating group) is 1. The molecular weight excluding hydrogens is 320 g/mol. The molecule has 0 aliphatic heterocycles. The summed E-state index contributed by atoms with van der Waals surface area (Å²) in [7, 11) is 0. The third-order valence-electron chi connectivity index (χ3n) is 3.09. The van der Waals surface area contributed by atoms with E-state index in [1.165, 1.54) is 0 Å². The van der Waals surface area contributed by atoms with E-state index in [0.29, 0.717) is 5.92 Å². The van der Waals surface area contributed by atoms with Crippen LogP contribution in [-0.4, -0.2) is 21.3 Å². The second kappa shape index (κ2) is 7.04. The third-order valence-corrected chi connectivity index (χ3v) is 3.74. The molecule has 0 amide bonds. The highest BCUT2D eigenvalue weighted by Gasteiger charge is 2.19. The monoisotopic (exact) mass is 340 g/mol. The summed E-state index contributed by atoms with van der Waals surface area (Å²) in [5.74, 6) is 1.55. The minimum absolute atomic E-state index is 0.170. The number of hydrogen-bond acceptors (Lipinski definition) is 4. The van der Waals surface area contributed by atoms with Crippen LogP contribution < -0.4 is 5.32 Å². The van der Waals surface area contributed by atoms with Crippen LogP contribution in [0, 0.1) is 5.92 Å². The molecule has 1 N–H and O–H groups in total. The van der Waals surface area contributed by atoms with Gasteiger partial charge in [-0.2, -0.15) is 5.10 Å². The zero-order chi connectivity index (χ0) is 14.5. The van der Waals surface area contributed by atoms with Gasteiger partial charge in [-0.3, -0.25) is 0 Å². The van der Waals surface area contributed by atoms with Crippen LogP contribution in [0.4, 0.5) is 0 Å². The molecule has 2 rings (SSSR count). The fourth-order valence-electron chi connectivity index (χ4n) is 2.22. The highest BCUT2D eigenvalue weighted by molar-refractivity contribution is 9.10. The maximum absolute atomic E-state index is 5.34. The van der Waals surface area contributed by atoms with Gasteiger partial charge < -0.3 is 9.73 Å². The van der Waals surface area contributed by atoms with Gasteiger partial charge in [-0.1, -0.05) is 20.8 Å². The lowest BCUT2D eigenvalue weighted by atomic mass is 10.1. The summed E-state index contributed by atoms with van der Waals surface area (Å²) in [4.78, 5) is 4.40. The van der Waals surface area contributed by atoms with Crippen molar-refractivity contribution < 1.29 is 4.42 Å². The molecule has 0 radical (unpaired) electrons. The van der Waals surface area contributed by atoms with E-state index in [1.807, 2.05) is 10.7 Å². The molecule has 0 aliphatic rings. The standard InChI is InChI=1S/C14H21BrN4O/c1-4-16-12(11-5-6-20-14(11)15)7-13-17-9-18-19(13)8-10(2)3/h5-6,9-10,12,16H,4,7-8H2,1-3H3. The normalized spacial score (nSPS) is 13.1. The van der Waals surface area contributed by atoms with Gasteiger partial charge in [-0.25, -0.2) is 9.67 Å². The van der Waals surface area contributed by atoms with Crippen molar-refractivity contribution in [3.05, 3.63) is 34.7 Å². The largest absolute Gasteiger partial charge is 0.457 e. The molecule has 1 atom stereocenters. The first kappa shape index (κ1) is 15.3. The molecular formula is C14H21BrN4O. The zero-order valence-electron chi connectivity index (χ0n) is 12.1. The van der Waals surface area contributed by atoms with Crippen LogP contribution in [0.1, 0.15) is 38.2 Å². The predicted molar refractivity (Wildman–Crippen MR) is 81.4 cm³/mol. The van der Waals surface area contributed by atoms with Gasteiger partial charge in [-0.15, -0.1) is 0 Å². The van der Waals surface area contributed by atoms with Crippen LogP contribution in [0.2, 0.25) is 0 Å². The Kier molecular flexibility index (Phi) is 5.37. The van der Waals surface area contributed by atoms with Crippen LogP contribution in [-0.2, 0) is 13.0 Å². The molecule has 0 aliphatic carbocycles. The first-order valence-corrected chi connectivity index (χ1v) is 7.74. The van der Waals surface area contributed by atoms with E-state index < -0.39 is 0 Å². The maximum atomic E-state index is 5.34. The number of furan rings is 1. The first-order chi connectivity index (χ1) is 9.61. The fraction of sp³-hybridized carbons (Fsp3) is 0.571.